The summed E-state index contributed by atoms with van der Waals surface area (Å²) in [4.78, 5) is 26.2. The number of nitrogens with one attached hydrogen (secondary N) is 2. The summed E-state index contributed by atoms with van der Waals surface area (Å²) in [5.41, 5.74) is 0.276. The molecular formula is C19H20F4N3O2+. The molecule has 1 atom stereocenters. The predicted octanol–water partition coefficient (Wildman–Crippen LogP) is 1.35. The van der Waals surface area contributed by atoms with Crippen LogP contribution in [0.5, 0.6) is 0 Å². The molecule has 0 aromatic heterocycles. The molecule has 0 saturated heterocycles. The van der Waals surface area contributed by atoms with Crippen molar-refractivity contribution in [2.24, 2.45) is 0 Å². The van der Waals surface area contributed by atoms with E-state index in [4.69, 9.17) is 0 Å². The maximum atomic E-state index is 13.6. The number of quaternary nitrogens is 1. The normalized spacial score (nSPS) is 11.8. The number of amides is 2. The Balaban J connectivity index is 1.85. The predicted molar refractivity (Wildman–Crippen MR) is 94.4 cm³/mol. The van der Waals surface area contributed by atoms with E-state index in [1.165, 1.54) is 17.0 Å². The number of benzene rings is 2. The van der Waals surface area contributed by atoms with Crippen molar-refractivity contribution in [3.63, 3.8) is 0 Å². The minimum absolute atomic E-state index is 0.0224. The van der Waals surface area contributed by atoms with E-state index in [0.29, 0.717) is 11.0 Å². The van der Waals surface area contributed by atoms with Crippen LogP contribution in [0.15, 0.2) is 36.4 Å². The minimum Gasteiger partial charge on any atom is -0.337 e. The van der Waals surface area contributed by atoms with Gasteiger partial charge in [-0.05, 0) is 29.8 Å². The first-order chi connectivity index (χ1) is 13.2. The molecule has 0 aliphatic rings. The summed E-state index contributed by atoms with van der Waals surface area (Å²) in [6.07, 6.45) is 0. The zero-order valence-corrected chi connectivity index (χ0v) is 15.4. The molecule has 1 unspecified atom stereocenters. The van der Waals surface area contributed by atoms with E-state index in [2.05, 4.69) is 5.32 Å². The fourth-order valence-corrected chi connectivity index (χ4v) is 2.50. The maximum absolute atomic E-state index is 13.6. The van der Waals surface area contributed by atoms with Gasteiger partial charge in [-0.25, -0.2) is 17.6 Å². The third-order valence-electron chi connectivity index (χ3n) is 3.98. The Morgan fingerprint density at radius 3 is 2.25 bits per heavy atom. The second-order valence-corrected chi connectivity index (χ2v) is 6.46. The number of hydrogen-bond donors (Lipinski definition) is 2. The van der Waals surface area contributed by atoms with Gasteiger partial charge >= 0.3 is 0 Å². The molecule has 0 saturated carbocycles. The van der Waals surface area contributed by atoms with Crippen LogP contribution < -0.4 is 10.2 Å². The van der Waals surface area contributed by atoms with Gasteiger partial charge in [-0.15, -0.1) is 0 Å². The Bertz CT molecular complexity index is 859. The molecule has 0 fully saturated rings. The third-order valence-corrected chi connectivity index (χ3v) is 3.98. The molecule has 0 radical (unpaired) electrons. The Morgan fingerprint density at radius 1 is 0.964 bits per heavy atom. The molecular weight excluding hydrogens is 378 g/mol. The van der Waals surface area contributed by atoms with E-state index in [9.17, 15) is 27.2 Å². The van der Waals surface area contributed by atoms with Crippen LogP contribution in [0.1, 0.15) is 5.56 Å². The highest BCUT2D eigenvalue weighted by atomic mass is 19.2. The van der Waals surface area contributed by atoms with Crippen LogP contribution in [0.25, 0.3) is 0 Å². The Morgan fingerprint density at radius 2 is 1.61 bits per heavy atom. The van der Waals surface area contributed by atoms with Crippen LogP contribution in [0.3, 0.4) is 0 Å². The molecule has 0 spiro atoms. The first kappa shape index (κ1) is 21.4. The molecule has 0 bridgehead atoms. The van der Waals surface area contributed by atoms with E-state index in [1.807, 2.05) is 0 Å². The van der Waals surface area contributed by atoms with Gasteiger partial charge in [0, 0.05) is 13.6 Å². The molecule has 5 nitrogen and oxygen atoms in total. The lowest BCUT2D eigenvalue weighted by atomic mass is 10.2. The minimum atomic E-state index is -1.67. The van der Waals surface area contributed by atoms with Crippen LogP contribution >= 0.6 is 0 Å². The maximum Gasteiger partial charge on any atom is 0.279 e. The average molecular weight is 398 g/mol. The van der Waals surface area contributed by atoms with Crippen LogP contribution in [0, 0.1) is 23.3 Å². The monoisotopic (exact) mass is 398 g/mol. The van der Waals surface area contributed by atoms with Gasteiger partial charge < -0.3 is 15.1 Å². The Hall–Kier alpha value is -2.94. The Kier molecular flexibility index (Phi) is 7.11. The summed E-state index contributed by atoms with van der Waals surface area (Å²) in [7, 11) is 3.17. The number of hydrogen-bond acceptors (Lipinski definition) is 2. The first-order valence-electron chi connectivity index (χ1n) is 8.40. The summed E-state index contributed by atoms with van der Waals surface area (Å²) < 4.78 is 52.6. The smallest absolute Gasteiger partial charge is 0.279 e. The summed E-state index contributed by atoms with van der Waals surface area (Å²) in [5.74, 6) is -5.79. The lowest BCUT2D eigenvalue weighted by Gasteiger charge is -2.20. The zero-order chi connectivity index (χ0) is 20.8. The molecule has 150 valence electrons. The molecule has 2 aromatic rings. The van der Waals surface area contributed by atoms with E-state index in [0.717, 1.165) is 11.6 Å². The van der Waals surface area contributed by atoms with Crippen molar-refractivity contribution in [2.45, 2.75) is 6.54 Å². The van der Waals surface area contributed by atoms with Crippen LogP contribution in [0.4, 0.5) is 23.2 Å². The van der Waals surface area contributed by atoms with Gasteiger partial charge in [0.25, 0.3) is 11.8 Å². The largest absolute Gasteiger partial charge is 0.337 e. The highest BCUT2D eigenvalue weighted by Gasteiger charge is 2.20. The topological polar surface area (TPSA) is 53.9 Å². The second kappa shape index (κ2) is 9.32. The third kappa shape index (κ3) is 5.78. The molecule has 28 heavy (non-hydrogen) atoms. The second-order valence-electron chi connectivity index (χ2n) is 6.46. The summed E-state index contributed by atoms with van der Waals surface area (Å²) in [6, 6.07) is 7.36. The number of anilines is 1. The lowest BCUT2D eigenvalue weighted by molar-refractivity contribution is -0.862. The number of carbonyl (C=O) groups excluding carboxylic acids is 2. The number of halogens is 4. The number of carbonyl (C=O) groups is 2. The summed E-state index contributed by atoms with van der Waals surface area (Å²) in [5, 5.41) is 2.15. The Labute approximate surface area is 159 Å². The number of rotatable bonds is 7. The average Bonchev–Trinajstić information content (AvgIpc) is 2.63. The first-order valence-corrected chi connectivity index (χ1v) is 8.40. The highest BCUT2D eigenvalue weighted by Crippen LogP contribution is 2.19. The summed E-state index contributed by atoms with van der Waals surface area (Å²) >= 11 is 0. The fourth-order valence-electron chi connectivity index (χ4n) is 2.50. The fraction of sp³-hybridized carbons (Fsp3) is 0.263. The quantitative estimate of drug-likeness (QED) is 0.547. The molecule has 0 heterocycles. The van der Waals surface area contributed by atoms with E-state index >= 15 is 0 Å². The van der Waals surface area contributed by atoms with Crippen molar-refractivity contribution in [1.29, 1.82) is 0 Å². The van der Waals surface area contributed by atoms with Crippen LogP contribution in [-0.2, 0) is 16.1 Å². The molecule has 0 aliphatic heterocycles. The molecule has 9 heteroatoms. The zero-order valence-electron chi connectivity index (χ0n) is 15.4. The van der Waals surface area contributed by atoms with Crippen molar-refractivity contribution in [3.05, 3.63) is 65.2 Å². The van der Waals surface area contributed by atoms with Gasteiger partial charge in [0.2, 0.25) is 0 Å². The van der Waals surface area contributed by atoms with Crippen molar-refractivity contribution in [2.75, 3.05) is 32.5 Å². The van der Waals surface area contributed by atoms with Gasteiger partial charge in [0.1, 0.15) is 5.82 Å². The van der Waals surface area contributed by atoms with Gasteiger partial charge in [-0.3, -0.25) is 9.59 Å². The summed E-state index contributed by atoms with van der Waals surface area (Å²) in [6.45, 7) is 0.0681. The SMILES string of the molecule is CN(Cc1ccc(F)cc1)C(=O)C[NH+](C)CC(=O)Nc1ccc(F)c(F)c1F. The number of likely N-dealkylation sites (N-methyl/N-ethyl adjacent to an activating group) is 2. The molecule has 0 aliphatic carbocycles. The van der Waals surface area contributed by atoms with Crippen molar-refractivity contribution in [3.8, 4) is 0 Å². The van der Waals surface area contributed by atoms with E-state index in [-0.39, 0.29) is 31.4 Å². The van der Waals surface area contributed by atoms with Crippen LogP contribution in [-0.4, -0.2) is 43.9 Å². The molecule has 2 rings (SSSR count). The molecule has 2 N–H and O–H groups in total. The molecule has 2 aromatic carbocycles. The lowest BCUT2D eigenvalue weighted by Crippen LogP contribution is -3.11. The standard InChI is InChI=1S/C19H19F4N3O2/c1-25(10-16(27)24-15-8-7-14(21)18(22)19(15)23)11-17(28)26(2)9-12-3-5-13(20)6-4-12/h3-8H,9-11H2,1-2H3,(H,24,27)/p+1. The molecule has 2 amide bonds. The van der Waals surface area contributed by atoms with Crippen molar-refractivity contribution in [1.82, 2.24) is 4.90 Å². The van der Waals surface area contributed by atoms with E-state index in [1.54, 1.807) is 26.2 Å². The van der Waals surface area contributed by atoms with Gasteiger partial charge in [-0.2, -0.15) is 0 Å². The van der Waals surface area contributed by atoms with Gasteiger partial charge in [-0.1, -0.05) is 12.1 Å². The van der Waals surface area contributed by atoms with Gasteiger partial charge in [0.15, 0.2) is 30.5 Å². The highest BCUT2D eigenvalue weighted by molar-refractivity contribution is 5.91. The van der Waals surface area contributed by atoms with Crippen molar-refractivity contribution < 1.29 is 32.1 Å². The number of nitrogens with zero attached hydrogens (tertiary/aromatic N) is 1. The van der Waals surface area contributed by atoms with Crippen LogP contribution in [0.2, 0.25) is 0 Å². The van der Waals surface area contributed by atoms with Gasteiger partial charge in [0.05, 0.1) is 12.7 Å². The van der Waals surface area contributed by atoms with Crippen molar-refractivity contribution >= 4 is 17.5 Å². The van der Waals surface area contributed by atoms with E-state index < -0.39 is 29.0 Å².